The van der Waals surface area contributed by atoms with Gasteiger partial charge in [-0.25, -0.2) is 4.98 Å². The Kier molecular flexibility index (Phi) is 4.63. The summed E-state index contributed by atoms with van der Waals surface area (Å²) in [6, 6.07) is 4.58. The molecule has 0 aliphatic carbocycles. The molecule has 1 saturated heterocycles. The van der Waals surface area contributed by atoms with Gasteiger partial charge in [-0.1, -0.05) is 17.4 Å². The number of nitrogens with zero attached hydrogens (tertiary/aromatic N) is 5. The Morgan fingerprint density at radius 3 is 2.89 bits per heavy atom. The molecule has 1 atom stereocenters. The number of amides is 1. The molecule has 1 unspecified atom stereocenters. The first-order valence-corrected chi connectivity index (χ1v) is 10.1. The lowest BCUT2D eigenvalue weighted by Crippen LogP contribution is -2.48. The van der Waals surface area contributed by atoms with Crippen molar-refractivity contribution in [2.75, 3.05) is 25.0 Å². The summed E-state index contributed by atoms with van der Waals surface area (Å²) in [6.07, 6.45) is 5.49. The molecule has 1 fully saturated rings. The molecule has 3 heterocycles. The fourth-order valence-electron chi connectivity index (χ4n) is 3.84. The topological polar surface area (TPSA) is 54.3 Å². The number of likely N-dealkylation sites (N-methyl/N-ethyl adjacent to an activating group) is 1. The highest BCUT2D eigenvalue weighted by Crippen LogP contribution is 2.33. The Morgan fingerprint density at radius 1 is 1.33 bits per heavy atom. The fraction of sp³-hybridized carbons (Fsp3) is 0.450. The summed E-state index contributed by atoms with van der Waals surface area (Å²) in [4.78, 5) is 21.9. The van der Waals surface area contributed by atoms with E-state index in [9.17, 15) is 4.79 Å². The minimum atomic E-state index is 0.0331. The summed E-state index contributed by atoms with van der Waals surface area (Å²) in [5.41, 5.74) is 4.24. The van der Waals surface area contributed by atoms with Crippen molar-refractivity contribution in [1.29, 1.82) is 0 Å². The van der Waals surface area contributed by atoms with Crippen molar-refractivity contribution in [2.45, 2.75) is 32.7 Å². The molecule has 0 bridgehead atoms. The first kappa shape index (κ1) is 18.0. The summed E-state index contributed by atoms with van der Waals surface area (Å²) >= 11 is 1.75. The van der Waals surface area contributed by atoms with Gasteiger partial charge in [-0.3, -0.25) is 9.48 Å². The molecule has 1 amide bonds. The quantitative estimate of drug-likeness (QED) is 0.696. The molecule has 3 aromatic rings. The van der Waals surface area contributed by atoms with Crippen LogP contribution in [0.15, 0.2) is 24.5 Å². The van der Waals surface area contributed by atoms with Gasteiger partial charge in [0.1, 0.15) is 0 Å². The number of hydrogen-bond acceptors (Lipinski definition) is 5. The molecular weight excluding hydrogens is 358 g/mol. The van der Waals surface area contributed by atoms with Gasteiger partial charge < -0.3 is 9.80 Å². The lowest BCUT2D eigenvalue weighted by molar-refractivity contribution is 0.0717. The number of carbonyl (C=O) groups is 1. The SMILES string of the molecule is Cc1cc(C)c2nc(N3CCCC(N(C)C(=O)c4cnn(C)c4)C3)sc2c1. The van der Waals surface area contributed by atoms with Crippen molar-refractivity contribution in [3.8, 4) is 0 Å². The summed E-state index contributed by atoms with van der Waals surface area (Å²) in [7, 11) is 3.73. The zero-order chi connectivity index (χ0) is 19.1. The minimum absolute atomic E-state index is 0.0331. The normalized spacial score (nSPS) is 17.5. The number of fused-ring (bicyclic) bond motifs is 1. The van der Waals surface area contributed by atoms with E-state index in [1.807, 2.05) is 19.0 Å². The predicted molar refractivity (Wildman–Crippen MR) is 110 cm³/mol. The maximum atomic E-state index is 12.8. The van der Waals surface area contributed by atoms with Gasteiger partial charge >= 0.3 is 0 Å². The van der Waals surface area contributed by atoms with Crippen LogP contribution < -0.4 is 4.90 Å². The molecule has 1 aliphatic rings. The van der Waals surface area contributed by atoms with Crippen LogP contribution in [0.25, 0.3) is 10.2 Å². The van der Waals surface area contributed by atoms with E-state index in [2.05, 4.69) is 36.0 Å². The average molecular weight is 384 g/mol. The van der Waals surface area contributed by atoms with Gasteiger partial charge in [0, 0.05) is 39.4 Å². The van der Waals surface area contributed by atoms with Crippen molar-refractivity contribution in [3.05, 3.63) is 41.2 Å². The van der Waals surface area contributed by atoms with Crippen molar-refractivity contribution >= 4 is 32.6 Å². The van der Waals surface area contributed by atoms with Crippen LogP contribution in [0.3, 0.4) is 0 Å². The Labute approximate surface area is 163 Å². The van der Waals surface area contributed by atoms with Crippen LogP contribution in [0.1, 0.15) is 34.3 Å². The van der Waals surface area contributed by atoms with Crippen LogP contribution in [0.5, 0.6) is 0 Å². The molecule has 0 N–H and O–H groups in total. The first-order valence-electron chi connectivity index (χ1n) is 9.31. The number of benzene rings is 1. The third-order valence-electron chi connectivity index (χ3n) is 5.31. The number of hydrogen-bond donors (Lipinski definition) is 0. The summed E-state index contributed by atoms with van der Waals surface area (Å²) < 4.78 is 2.91. The highest BCUT2D eigenvalue weighted by atomic mass is 32.1. The summed E-state index contributed by atoms with van der Waals surface area (Å²) in [5.74, 6) is 0.0331. The van der Waals surface area contributed by atoms with E-state index in [-0.39, 0.29) is 11.9 Å². The molecule has 4 rings (SSSR count). The maximum Gasteiger partial charge on any atom is 0.257 e. The van der Waals surface area contributed by atoms with Crippen LogP contribution in [0, 0.1) is 13.8 Å². The van der Waals surface area contributed by atoms with Crippen molar-refractivity contribution in [1.82, 2.24) is 19.7 Å². The van der Waals surface area contributed by atoms with Crippen molar-refractivity contribution in [3.63, 3.8) is 0 Å². The van der Waals surface area contributed by atoms with E-state index in [1.165, 1.54) is 15.8 Å². The van der Waals surface area contributed by atoms with Gasteiger partial charge in [-0.2, -0.15) is 5.10 Å². The molecule has 0 radical (unpaired) electrons. The summed E-state index contributed by atoms with van der Waals surface area (Å²) in [6.45, 7) is 6.06. The molecule has 2 aromatic heterocycles. The first-order chi connectivity index (χ1) is 12.9. The van der Waals surface area contributed by atoms with E-state index in [1.54, 1.807) is 28.4 Å². The molecule has 7 heteroatoms. The van der Waals surface area contributed by atoms with E-state index in [4.69, 9.17) is 4.98 Å². The third kappa shape index (κ3) is 3.43. The Morgan fingerprint density at radius 2 is 2.15 bits per heavy atom. The molecule has 1 aromatic carbocycles. The number of carbonyl (C=O) groups excluding carboxylic acids is 1. The zero-order valence-corrected chi connectivity index (χ0v) is 17.1. The molecular formula is C20H25N5OS. The zero-order valence-electron chi connectivity index (χ0n) is 16.3. The van der Waals surface area contributed by atoms with E-state index >= 15 is 0 Å². The highest BCUT2D eigenvalue weighted by Gasteiger charge is 2.28. The van der Waals surface area contributed by atoms with E-state index < -0.39 is 0 Å². The van der Waals surface area contributed by atoms with Gasteiger partial charge in [0.05, 0.1) is 22.0 Å². The lowest BCUT2D eigenvalue weighted by atomic mass is 10.0. The molecule has 142 valence electrons. The second kappa shape index (κ2) is 6.96. The third-order valence-corrected chi connectivity index (χ3v) is 6.37. The van der Waals surface area contributed by atoms with Crippen LogP contribution in [-0.4, -0.2) is 51.8 Å². The predicted octanol–water partition coefficient (Wildman–Crippen LogP) is 3.39. The van der Waals surface area contributed by atoms with Gasteiger partial charge in [-0.15, -0.1) is 0 Å². The van der Waals surface area contributed by atoms with E-state index in [0.717, 1.165) is 36.6 Å². The highest BCUT2D eigenvalue weighted by molar-refractivity contribution is 7.22. The van der Waals surface area contributed by atoms with Crippen molar-refractivity contribution < 1.29 is 4.79 Å². The summed E-state index contributed by atoms with van der Waals surface area (Å²) in [5, 5.41) is 5.18. The van der Waals surface area contributed by atoms with Crippen LogP contribution in [-0.2, 0) is 7.05 Å². The fourth-order valence-corrected chi connectivity index (χ4v) is 5.02. The monoisotopic (exact) mass is 383 g/mol. The Hall–Kier alpha value is -2.41. The minimum Gasteiger partial charge on any atom is -0.346 e. The number of aryl methyl sites for hydroxylation is 3. The maximum absolute atomic E-state index is 12.8. The number of piperidine rings is 1. The Balaban J connectivity index is 1.54. The van der Waals surface area contributed by atoms with Gasteiger partial charge in [0.2, 0.25) is 0 Å². The number of rotatable bonds is 3. The number of aromatic nitrogens is 3. The van der Waals surface area contributed by atoms with Crippen LogP contribution in [0.2, 0.25) is 0 Å². The Bertz CT molecular complexity index is 992. The molecule has 27 heavy (non-hydrogen) atoms. The smallest absolute Gasteiger partial charge is 0.257 e. The van der Waals surface area contributed by atoms with Crippen molar-refractivity contribution in [2.24, 2.45) is 7.05 Å². The lowest BCUT2D eigenvalue weighted by Gasteiger charge is -2.37. The van der Waals surface area contributed by atoms with Gasteiger partial charge in [0.15, 0.2) is 5.13 Å². The number of thiazole rings is 1. The van der Waals surface area contributed by atoms with Crippen LogP contribution >= 0.6 is 11.3 Å². The second-order valence-electron chi connectivity index (χ2n) is 7.49. The van der Waals surface area contributed by atoms with Crippen LogP contribution in [0.4, 0.5) is 5.13 Å². The number of anilines is 1. The second-order valence-corrected chi connectivity index (χ2v) is 8.49. The van der Waals surface area contributed by atoms with Gasteiger partial charge in [0.25, 0.3) is 5.91 Å². The van der Waals surface area contributed by atoms with Gasteiger partial charge in [-0.05, 0) is 43.9 Å². The molecule has 0 saturated carbocycles. The molecule has 0 spiro atoms. The van der Waals surface area contributed by atoms with E-state index in [0.29, 0.717) is 5.56 Å². The standard InChI is InChI=1S/C20H25N5OS/c1-13-8-14(2)18-17(9-13)27-20(22-18)25-7-5-6-16(12-25)24(4)19(26)15-10-21-23(3)11-15/h8-11,16H,5-7,12H2,1-4H3. The molecule has 1 aliphatic heterocycles. The largest absolute Gasteiger partial charge is 0.346 e. The average Bonchev–Trinajstić information content (AvgIpc) is 3.27. The molecule has 6 nitrogen and oxygen atoms in total.